The van der Waals surface area contributed by atoms with Crippen LogP contribution in [-0.2, 0) is 11.2 Å². The van der Waals surface area contributed by atoms with Gasteiger partial charge in [0.05, 0.1) is 5.69 Å². The van der Waals surface area contributed by atoms with Gasteiger partial charge in [-0.1, -0.05) is 13.3 Å². The van der Waals surface area contributed by atoms with Gasteiger partial charge in [0.25, 0.3) is 5.56 Å². The van der Waals surface area contributed by atoms with Gasteiger partial charge < -0.3 is 9.72 Å². The van der Waals surface area contributed by atoms with Crippen molar-refractivity contribution >= 4 is 15.9 Å². The van der Waals surface area contributed by atoms with Gasteiger partial charge in [0.1, 0.15) is 10.3 Å². The van der Waals surface area contributed by atoms with Crippen molar-refractivity contribution in [3.63, 3.8) is 0 Å². The Labute approximate surface area is 109 Å². The van der Waals surface area contributed by atoms with Gasteiger partial charge in [0.2, 0.25) is 0 Å². The number of nitrogens with zero attached hydrogens (tertiary/aromatic N) is 1. The molecule has 0 spiro atoms. The predicted octanol–water partition coefficient (Wildman–Crippen LogP) is 2.38. The van der Waals surface area contributed by atoms with E-state index in [-0.39, 0.29) is 5.56 Å². The summed E-state index contributed by atoms with van der Waals surface area (Å²) in [7, 11) is 0. The number of ether oxygens (including phenoxy) is 1. The second-order valence-electron chi connectivity index (χ2n) is 4.35. The van der Waals surface area contributed by atoms with Crippen LogP contribution in [0.4, 0.5) is 0 Å². The van der Waals surface area contributed by atoms with Crippen LogP contribution in [0.3, 0.4) is 0 Å². The Morgan fingerprint density at radius 3 is 2.82 bits per heavy atom. The summed E-state index contributed by atoms with van der Waals surface area (Å²) in [6.07, 6.45) is 3.70. The Balaban J connectivity index is 2.30. The van der Waals surface area contributed by atoms with Crippen molar-refractivity contribution in [3.8, 4) is 0 Å². The third kappa shape index (κ3) is 2.96. The fraction of sp³-hybridized carbons (Fsp3) is 0.667. The molecule has 0 saturated carbocycles. The van der Waals surface area contributed by atoms with E-state index >= 15 is 0 Å². The van der Waals surface area contributed by atoms with Crippen molar-refractivity contribution in [2.24, 2.45) is 0 Å². The van der Waals surface area contributed by atoms with Crippen LogP contribution < -0.4 is 5.56 Å². The molecule has 2 rings (SSSR count). The van der Waals surface area contributed by atoms with E-state index in [1.165, 1.54) is 0 Å². The number of aryl methyl sites for hydroxylation is 1. The van der Waals surface area contributed by atoms with Crippen molar-refractivity contribution in [1.29, 1.82) is 0 Å². The van der Waals surface area contributed by atoms with Gasteiger partial charge in [-0.2, -0.15) is 0 Å². The van der Waals surface area contributed by atoms with E-state index in [9.17, 15) is 4.79 Å². The molecule has 0 atom stereocenters. The van der Waals surface area contributed by atoms with Gasteiger partial charge in [-0.05, 0) is 35.2 Å². The second-order valence-corrected chi connectivity index (χ2v) is 5.14. The maximum Gasteiger partial charge on any atom is 0.265 e. The number of rotatable bonds is 3. The number of H-pyrrole nitrogens is 1. The smallest absolute Gasteiger partial charge is 0.265 e. The molecule has 0 bridgehead atoms. The lowest BCUT2D eigenvalue weighted by atomic mass is 9.99. The van der Waals surface area contributed by atoms with E-state index in [0.29, 0.717) is 10.4 Å². The highest BCUT2D eigenvalue weighted by molar-refractivity contribution is 9.10. The first-order valence-electron chi connectivity index (χ1n) is 6.08. The molecule has 1 N–H and O–H groups in total. The molecule has 1 aromatic rings. The van der Waals surface area contributed by atoms with E-state index < -0.39 is 0 Å². The van der Waals surface area contributed by atoms with Crippen molar-refractivity contribution in [2.45, 2.75) is 38.5 Å². The summed E-state index contributed by atoms with van der Waals surface area (Å²) in [4.78, 5) is 19.3. The largest absolute Gasteiger partial charge is 0.381 e. The molecule has 0 radical (unpaired) electrons. The first-order valence-corrected chi connectivity index (χ1v) is 6.88. The number of halogens is 1. The molecule has 0 amide bonds. The molecule has 1 aromatic heterocycles. The molecule has 0 unspecified atom stereocenters. The van der Waals surface area contributed by atoms with E-state index in [1.807, 2.05) is 0 Å². The fourth-order valence-corrected chi connectivity index (χ4v) is 2.48. The number of nitrogens with one attached hydrogen (secondary N) is 1. The zero-order valence-corrected chi connectivity index (χ0v) is 11.5. The molecule has 94 valence electrons. The summed E-state index contributed by atoms with van der Waals surface area (Å²) in [5.74, 6) is 1.16. The molecule has 1 aliphatic heterocycles. The van der Waals surface area contributed by atoms with Crippen LogP contribution in [0.15, 0.2) is 9.27 Å². The fourth-order valence-electron chi connectivity index (χ4n) is 2.09. The van der Waals surface area contributed by atoms with E-state index in [0.717, 1.165) is 50.4 Å². The highest BCUT2D eigenvalue weighted by Gasteiger charge is 2.20. The third-order valence-electron chi connectivity index (χ3n) is 3.04. The van der Waals surface area contributed by atoms with Gasteiger partial charge in [-0.3, -0.25) is 4.79 Å². The van der Waals surface area contributed by atoms with Gasteiger partial charge in [0, 0.05) is 19.1 Å². The quantitative estimate of drug-likeness (QED) is 0.932. The lowest BCUT2D eigenvalue weighted by Crippen LogP contribution is -2.22. The van der Waals surface area contributed by atoms with Crippen molar-refractivity contribution in [3.05, 3.63) is 26.3 Å². The lowest BCUT2D eigenvalue weighted by Gasteiger charge is -2.21. The summed E-state index contributed by atoms with van der Waals surface area (Å²) in [5.41, 5.74) is 0.808. The molecule has 1 fully saturated rings. The summed E-state index contributed by atoms with van der Waals surface area (Å²) < 4.78 is 5.90. The highest BCUT2D eigenvalue weighted by atomic mass is 79.9. The van der Waals surface area contributed by atoms with Crippen molar-refractivity contribution in [1.82, 2.24) is 9.97 Å². The summed E-state index contributed by atoms with van der Waals surface area (Å²) in [6.45, 7) is 3.60. The monoisotopic (exact) mass is 300 g/mol. The topological polar surface area (TPSA) is 55.0 Å². The predicted molar refractivity (Wildman–Crippen MR) is 69.3 cm³/mol. The van der Waals surface area contributed by atoms with Crippen LogP contribution in [0.2, 0.25) is 0 Å². The maximum atomic E-state index is 11.8. The highest BCUT2D eigenvalue weighted by Crippen LogP contribution is 2.24. The summed E-state index contributed by atoms with van der Waals surface area (Å²) in [6, 6.07) is 0. The molecule has 0 aliphatic carbocycles. The number of aromatic nitrogens is 2. The lowest BCUT2D eigenvalue weighted by molar-refractivity contribution is 0.0834. The summed E-state index contributed by atoms with van der Waals surface area (Å²) >= 11 is 3.31. The minimum Gasteiger partial charge on any atom is -0.381 e. The number of hydrogen-bond acceptors (Lipinski definition) is 3. The van der Waals surface area contributed by atoms with Gasteiger partial charge in [-0.25, -0.2) is 4.98 Å². The Bertz CT molecular complexity index is 439. The minimum absolute atomic E-state index is 0.0649. The van der Waals surface area contributed by atoms with Gasteiger partial charge >= 0.3 is 0 Å². The zero-order valence-electron chi connectivity index (χ0n) is 9.96. The van der Waals surface area contributed by atoms with E-state index in [1.54, 1.807) is 0 Å². The van der Waals surface area contributed by atoms with Crippen LogP contribution in [-0.4, -0.2) is 23.2 Å². The van der Waals surface area contributed by atoms with Gasteiger partial charge in [-0.15, -0.1) is 0 Å². The molecule has 17 heavy (non-hydrogen) atoms. The first kappa shape index (κ1) is 12.8. The third-order valence-corrected chi connectivity index (χ3v) is 3.86. The van der Waals surface area contributed by atoms with Crippen LogP contribution in [0, 0.1) is 0 Å². The van der Waals surface area contributed by atoms with E-state index in [2.05, 4.69) is 32.8 Å². The SMILES string of the molecule is CCCc1nc(C2CCOCC2)[nH]c(=O)c1Br. The Morgan fingerprint density at radius 1 is 1.47 bits per heavy atom. The molecule has 0 aromatic carbocycles. The van der Waals surface area contributed by atoms with E-state index in [4.69, 9.17) is 4.74 Å². The first-order chi connectivity index (χ1) is 8.22. The molecule has 5 heteroatoms. The minimum atomic E-state index is -0.0649. The maximum absolute atomic E-state index is 11.8. The molecule has 4 nitrogen and oxygen atoms in total. The van der Waals surface area contributed by atoms with Crippen molar-refractivity contribution in [2.75, 3.05) is 13.2 Å². The van der Waals surface area contributed by atoms with Crippen LogP contribution in [0.1, 0.15) is 43.6 Å². The Kier molecular flexibility index (Phi) is 4.34. The van der Waals surface area contributed by atoms with Gasteiger partial charge in [0.15, 0.2) is 0 Å². The molecule has 2 heterocycles. The van der Waals surface area contributed by atoms with Crippen LogP contribution in [0.25, 0.3) is 0 Å². The number of hydrogen-bond donors (Lipinski definition) is 1. The van der Waals surface area contributed by atoms with Crippen molar-refractivity contribution < 1.29 is 4.74 Å². The Morgan fingerprint density at radius 2 is 2.18 bits per heavy atom. The van der Waals surface area contributed by atoms with Crippen LogP contribution >= 0.6 is 15.9 Å². The number of aromatic amines is 1. The molecule has 1 aliphatic rings. The summed E-state index contributed by atoms with van der Waals surface area (Å²) in [5, 5.41) is 0. The second kappa shape index (κ2) is 5.78. The molecule has 1 saturated heterocycles. The average molecular weight is 301 g/mol. The van der Waals surface area contributed by atoms with Crippen LogP contribution in [0.5, 0.6) is 0 Å². The molecular formula is C12H17BrN2O2. The average Bonchev–Trinajstić information content (AvgIpc) is 2.36. The standard InChI is InChI=1S/C12H17BrN2O2/c1-2-3-9-10(13)12(16)15-11(14-9)8-4-6-17-7-5-8/h8H,2-7H2,1H3,(H,14,15,16). The Hall–Kier alpha value is -0.680. The normalized spacial score (nSPS) is 17.3. The molecular weight excluding hydrogens is 284 g/mol. The zero-order chi connectivity index (χ0) is 12.3.